The van der Waals surface area contributed by atoms with E-state index < -0.39 is 10.0 Å². The fourth-order valence-electron chi connectivity index (χ4n) is 2.06. The molecule has 23 heavy (non-hydrogen) atoms. The number of nitrogens with zero attached hydrogens (tertiary/aromatic N) is 1. The van der Waals surface area contributed by atoms with Crippen LogP contribution in [0.1, 0.15) is 0 Å². The molecular weight excluding hydrogens is 380 g/mol. The second kappa shape index (κ2) is 6.05. The van der Waals surface area contributed by atoms with Crippen molar-refractivity contribution in [3.05, 3.63) is 59.2 Å². The van der Waals surface area contributed by atoms with Gasteiger partial charge >= 0.3 is 0 Å². The van der Waals surface area contributed by atoms with Gasteiger partial charge in [0.05, 0.1) is 16.8 Å². The maximum absolute atomic E-state index is 12.4. The predicted molar refractivity (Wildman–Crippen MR) is 93.4 cm³/mol. The zero-order valence-corrected chi connectivity index (χ0v) is 14.2. The Morgan fingerprint density at radius 2 is 1.87 bits per heavy atom. The van der Waals surface area contributed by atoms with E-state index in [4.69, 9.17) is 5.73 Å². The highest BCUT2D eigenvalue weighted by atomic mass is 79.9. The van der Waals surface area contributed by atoms with Gasteiger partial charge in [-0.05, 0) is 36.4 Å². The predicted octanol–water partition coefficient (Wildman–Crippen LogP) is 3.22. The molecule has 0 bridgehead atoms. The lowest BCUT2D eigenvalue weighted by Crippen LogP contribution is -2.12. The van der Waals surface area contributed by atoms with Crippen LogP contribution in [-0.2, 0) is 10.0 Å². The van der Waals surface area contributed by atoms with E-state index >= 15 is 0 Å². The van der Waals surface area contributed by atoms with E-state index in [-0.39, 0.29) is 4.90 Å². The van der Waals surface area contributed by atoms with Crippen LogP contribution >= 0.6 is 15.9 Å². The lowest BCUT2D eigenvalue weighted by molar-refractivity contribution is 0.601. The van der Waals surface area contributed by atoms with Gasteiger partial charge in [-0.3, -0.25) is 4.72 Å². The number of halogens is 1. The molecule has 3 aromatic rings. The molecule has 0 aliphatic carbocycles. The summed E-state index contributed by atoms with van der Waals surface area (Å²) in [5.41, 5.74) is 7.52. The Morgan fingerprint density at radius 3 is 2.52 bits per heavy atom. The van der Waals surface area contributed by atoms with E-state index in [9.17, 15) is 8.42 Å². The normalized spacial score (nSPS) is 11.3. The zero-order valence-electron chi connectivity index (χ0n) is 11.8. The third kappa shape index (κ3) is 3.54. The van der Waals surface area contributed by atoms with Crippen molar-refractivity contribution >= 4 is 37.6 Å². The number of aromatic nitrogens is 2. The van der Waals surface area contributed by atoms with Crippen LogP contribution < -0.4 is 10.5 Å². The van der Waals surface area contributed by atoms with Crippen LogP contribution in [-0.4, -0.2) is 18.4 Å². The van der Waals surface area contributed by atoms with Crippen molar-refractivity contribution in [2.75, 3.05) is 10.5 Å². The Hall–Kier alpha value is -2.32. The fraction of sp³-hybridized carbons (Fsp3) is 0. The molecule has 0 radical (unpaired) electrons. The highest BCUT2D eigenvalue weighted by molar-refractivity contribution is 9.10. The molecule has 0 spiro atoms. The van der Waals surface area contributed by atoms with Crippen molar-refractivity contribution in [2.24, 2.45) is 0 Å². The summed E-state index contributed by atoms with van der Waals surface area (Å²) in [6, 6.07) is 13.4. The molecule has 0 amide bonds. The van der Waals surface area contributed by atoms with E-state index in [0.717, 1.165) is 10.0 Å². The highest BCUT2D eigenvalue weighted by Crippen LogP contribution is 2.24. The van der Waals surface area contributed by atoms with Crippen molar-refractivity contribution in [1.29, 1.82) is 0 Å². The van der Waals surface area contributed by atoms with Gasteiger partial charge in [0.15, 0.2) is 5.95 Å². The first-order valence-corrected chi connectivity index (χ1v) is 8.91. The minimum Gasteiger partial charge on any atom is -0.369 e. The van der Waals surface area contributed by atoms with Crippen molar-refractivity contribution in [3.63, 3.8) is 0 Å². The number of H-pyrrole nitrogens is 1. The standard InChI is InChI=1S/C15H13BrN4O2S/c16-11-4-6-13(7-5-11)23(21,22)20-12-3-1-2-10(8-12)14-9-18-15(17)19-14/h1-9,20H,(H3,17,18,19). The van der Waals surface area contributed by atoms with Gasteiger partial charge in [0, 0.05) is 15.7 Å². The first-order chi connectivity index (χ1) is 10.9. The van der Waals surface area contributed by atoms with Gasteiger partial charge in [-0.25, -0.2) is 13.4 Å². The minimum atomic E-state index is -3.65. The molecule has 1 heterocycles. The summed E-state index contributed by atoms with van der Waals surface area (Å²) in [6.45, 7) is 0. The van der Waals surface area contributed by atoms with Crippen molar-refractivity contribution in [1.82, 2.24) is 9.97 Å². The molecule has 6 nitrogen and oxygen atoms in total. The maximum Gasteiger partial charge on any atom is 0.261 e. The highest BCUT2D eigenvalue weighted by Gasteiger charge is 2.14. The number of anilines is 2. The van der Waals surface area contributed by atoms with Crippen LogP contribution in [0.3, 0.4) is 0 Å². The number of nitrogen functional groups attached to an aromatic ring is 1. The summed E-state index contributed by atoms with van der Waals surface area (Å²) in [5.74, 6) is 0.306. The molecule has 118 valence electrons. The van der Waals surface area contributed by atoms with Gasteiger partial charge in [0.25, 0.3) is 10.0 Å². The van der Waals surface area contributed by atoms with E-state index in [1.165, 1.54) is 12.1 Å². The summed E-state index contributed by atoms with van der Waals surface area (Å²) >= 11 is 3.28. The fourth-order valence-corrected chi connectivity index (χ4v) is 3.38. The molecule has 0 fully saturated rings. The summed E-state index contributed by atoms with van der Waals surface area (Å²) in [5, 5.41) is 0. The largest absolute Gasteiger partial charge is 0.369 e. The number of rotatable bonds is 4. The van der Waals surface area contributed by atoms with Crippen molar-refractivity contribution in [2.45, 2.75) is 4.90 Å². The minimum absolute atomic E-state index is 0.192. The van der Waals surface area contributed by atoms with E-state index in [1.54, 1.807) is 36.5 Å². The number of nitrogens with one attached hydrogen (secondary N) is 2. The number of sulfonamides is 1. The average Bonchev–Trinajstić information content (AvgIpc) is 2.94. The SMILES string of the molecule is Nc1ncc(-c2cccc(NS(=O)(=O)c3ccc(Br)cc3)c2)[nH]1. The average molecular weight is 393 g/mol. The second-order valence-electron chi connectivity index (χ2n) is 4.82. The number of benzene rings is 2. The smallest absolute Gasteiger partial charge is 0.261 e. The topological polar surface area (TPSA) is 101 Å². The number of imidazole rings is 1. The molecule has 4 N–H and O–H groups in total. The van der Waals surface area contributed by atoms with Crippen LogP contribution in [0, 0.1) is 0 Å². The van der Waals surface area contributed by atoms with E-state index in [2.05, 4.69) is 30.6 Å². The quantitative estimate of drug-likeness (QED) is 0.634. The molecule has 0 aliphatic rings. The zero-order chi connectivity index (χ0) is 16.4. The van der Waals surface area contributed by atoms with Crippen molar-refractivity contribution < 1.29 is 8.42 Å². The third-order valence-electron chi connectivity index (χ3n) is 3.15. The molecule has 2 aromatic carbocycles. The Bertz CT molecular complexity index is 936. The number of hydrogen-bond donors (Lipinski definition) is 3. The Balaban J connectivity index is 1.89. The Labute approximate surface area is 141 Å². The van der Waals surface area contributed by atoms with Crippen LogP contribution in [0.25, 0.3) is 11.3 Å². The van der Waals surface area contributed by atoms with Gasteiger partial charge in [-0.1, -0.05) is 28.1 Å². The number of hydrogen-bond acceptors (Lipinski definition) is 4. The summed E-state index contributed by atoms with van der Waals surface area (Å²) in [4.78, 5) is 7.03. The molecular formula is C15H13BrN4O2S. The maximum atomic E-state index is 12.4. The second-order valence-corrected chi connectivity index (χ2v) is 7.42. The molecule has 0 saturated carbocycles. The van der Waals surface area contributed by atoms with Gasteiger partial charge in [0.2, 0.25) is 0 Å². The van der Waals surface area contributed by atoms with Crippen LogP contribution in [0.4, 0.5) is 11.6 Å². The van der Waals surface area contributed by atoms with Crippen LogP contribution in [0.5, 0.6) is 0 Å². The molecule has 0 unspecified atom stereocenters. The van der Waals surface area contributed by atoms with E-state index in [0.29, 0.717) is 17.3 Å². The Kier molecular flexibility index (Phi) is 4.10. The van der Waals surface area contributed by atoms with Gasteiger partial charge < -0.3 is 10.7 Å². The molecule has 0 aliphatic heterocycles. The van der Waals surface area contributed by atoms with Gasteiger partial charge in [-0.2, -0.15) is 0 Å². The molecule has 0 atom stereocenters. The third-order valence-corrected chi connectivity index (χ3v) is 5.07. The Morgan fingerprint density at radius 1 is 1.13 bits per heavy atom. The summed E-state index contributed by atoms with van der Waals surface area (Å²) < 4.78 is 28.2. The number of nitrogens with two attached hydrogens (primary N) is 1. The first kappa shape index (κ1) is 15.6. The first-order valence-electron chi connectivity index (χ1n) is 6.63. The monoisotopic (exact) mass is 392 g/mol. The lowest BCUT2D eigenvalue weighted by atomic mass is 10.1. The molecule has 3 rings (SSSR count). The van der Waals surface area contributed by atoms with Gasteiger partial charge in [-0.15, -0.1) is 0 Å². The molecule has 8 heteroatoms. The van der Waals surface area contributed by atoms with Crippen molar-refractivity contribution in [3.8, 4) is 11.3 Å². The van der Waals surface area contributed by atoms with Crippen LogP contribution in [0.2, 0.25) is 0 Å². The molecule has 0 saturated heterocycles. The number of aromatic amines is 1. The molecule has 1 aromatic heterocycles. The lowest BCUT2D eigenvalue weighted by Gasteiger charge is -2.09. The van der Waals surface area contributed by atoms with Crippen LogP contribution in [0.15, 0.2) is 64.1 Å². The van der Waals surface area contributed by atoms with Gasteiger partial charge in [0.1, 0.15) is 0 Å². The summed E-state index contributed by atoms with van der Waals surface area (Å²) in [7, 11) is -3.65. The summed E-state index contributed by atoms with van der Waals surface area (Å²) in [6.07, 6.45) is 1.59. The van der Waals surface area contributed by atoms with E-state index in [1.807, 2.05) is 6.07 Å².